The second kappa shape index (κ2) is 8.86. The van der Waals surface area contributed by atoms with Crippen LogP contribution in [-0.4, -0.2) is 27.7 Å². The Balaban J connectivity index is 1.90. The van der Waals surface area contributed by atoms with Gasteiger partial charge >= 0.3 is 0 Å². The highest BCUT2D eigenvalue weighted by Gasteiger charge is 2.18. The molecule has 4 rings (SSSR count). The number of nitrogens with zero attached hydrogens (tertiary/aromatic N) is 4. The van der Waals surface area contributed by atoms with Crippen LogP contribution in [0.1, 0.15) is 22.8 Å². The molecule has 0 aliphatic carbocycles. The lowest BCUT2D eigenvalue weighted by Crippen LogP contribution is -2.01. The standard InChI is InChI=1S/C26H22N4O2/c1-17-12-20(14-21(13-17)32-3)26-24(16-29-30(26)11-9-27)19-8-10-28-25(15-19)23-7-5-4-6-22(23)18(2)31/h4-8,10,12-16H,11H2,1-3H3. The quantitative estimate of drug-likeness (QED) is 0.393. The molecule has 2 aromatic heterocycles. The topological polar surface area (TPSA) is 80.8 Å². The van der Waals surface area contributed by atoms with Crippen LogP contribution in [0.15, 0.2) is 67.0 Å². The number of hydrogen-bond acceptors (Lipinski definition) is 5. The average molecular weight is 422 g/mol. The monoisotopic (exact) mass is 422 g/mol. The van der Waals surface area contributed by atoms with Gasteiger partial charge in [0.1, 0.15) is 12.3 Å². The van der Waals surface area contributed by atoms with Crippen LogP contribution in [0.2, 0.25) is 0 Å². The number of carbonyl (C=O) groups excluding carboxylic acids is 1. The molecular weight excluding hydrogens is 400 g/mol. The Hall–Kier alpha value is -4.24. The minimum Gasteiger partial charge on any atom is -0.497 e. The van der Waals surface area contributed by atoms with Crippen LogP contribution in [-0.2, 0) is 6.54 Å². The molecule has 0 bridgehead atoms. The van der Waals surface area contributed by atoms with Crippen LogP contribution in [0, 0.1) is 18.3 Å². The van der Waals surface area contributed by atoms with Crippen LogP contribution in [0.3, 0.4) is 0 Å². The number of ketones is 1. The van der Waals surface area contributed by atoms with Crippen molar-refractivity contribution in [2.75, 3.05) is 7.11 Å². The van der Waals surface area contributed by atoms with Crippen molar-refractivity contribution < 1.29 is 9.53 Å². The summed E-state index contributed by atoms with van der Waals surface area (Å²) in [7, 11) is 1.63. The Kier molecular flexibility index (Phi) is 5.82. The van der Waals surface area contributed by atoms with Crippen LogP contribution < -0.4 is 4.74 Å². The van der Waals surface area contributed by atoms with E-state index in [4.69, 9.17) is 4.74 Å². The molecule has 0 amide bonds. The molecule has 0 spiro atoms. The summed E-state index contributed by atoms with van der Waals surface area (Å²) in [6.07, 6.45) is 3.49. The van der Waals surface area contributed by atoms with E-state index in [0.29, 0.717) is 11.3 Å². The van der Waals surface area contributed by atoms with Gasteiger partial charge in [-0.1, -0.05) is 24.3 Å². The number of Topliss-reactive ketones (excluding diaryl/α,β-unsaturated/α-hetero) is 1. The average Bonchev–Trinajstić information content (AvgIpc) is 3.22. The predicted octanol–water partition coefficient (Wildman–Crippen LogP) is 5.32. The van der Waals surface area contributed by atoms with Gasteiger partial charge in [0.2, 0.25) is 0 Å². The van der Waals surface area contributed by atoms with Crippen molar-refractivity contribution >= 4 is 5.78 Å². The second-order valence-corrected chi connectivity index (χ2v) is 7.49. The molecule has 0 aliphatic rings. The van der Waals surface area contributed by atoms with Crippen molar-refractivity contribution in [3.8, 4) is 45.5 Å². The number of pyridine rings is 1. The van der Waals surface area contributed by atoms with Gasteiger partial charge in [-0.25, -0.2) is 0 Å². The summed E-state index contributed by atoms with van der Waals surface area (Å²) < 4.78 is 7.14. The van der Waals surface area contributed by atoms with Gasteiger partial charge in [-0.15, -0.1) is 0 Å². The maximum Gasteiger partial charge on any atom is 0.160 e. The number of ether oxygens (including phenoxy) is 1. The number of methoxy groups -OCH3 is 1. The van der Waals surface area contributed by atoms with E-state index in [9.17, 15) is 10.1 Å². The van der Waals surface area contributed by atoms with E-state index >= 15 is 0 Å². The highest BCUT2D eigenvalue weighted by atomic mass is 16.5. The fourth-order valence-corrected chi connectivity index (χ4v) is 3.85. The number of carbonyl (C=O) groups is 1. The maximum absolute atomic E-state index is 12.1. The Bertz CT molecular complexity index is 1350. The Morgan fingerprint density at radius 1 is 1.09 bits per heavy atom. The molecular formula is C26H22N4O2. The number of nitriles is 1. The molecule has 2 heterocycles. The predicted molar refractivity (Wildman–Crippen MR) is 123 cm³/mol. The Morgan fingerprint density at radius 2 is 1.91 bits per heavy atom. The lowest BCUT2D eigenvalue weighted by Gasteiger charge is -2.12. The normalized spacial score (nSPS) is 10.6. The lowest BCUT2D eigenvalue weighted by molar-refractivity contribution is 0.101. The first-order valence-corrected chi connectivity index (χ1v) is 10.2. The summed E-state index contributed by atoms with van der Waals surface area (Å²) in [6, 6.07) is 19.4. The lowest BCUT2D eigenvalue weighted by atomic mass is 9.97. The fourth-order valence-electron chi connectivity index (χ4n) is 3.85. The summed E-state index contributed by atoms with van der Waals surface area (Å²) in [5.41, 5.74) is 6.66. The van der Waals surface area contributed by atoms with E-state index in [-0.39, 0.29) is 12.3 Å². The Labute approximate surface area is 186 Å². The molecule has 0 atom stereocenters. The van der Waals surface area contributed by atoms with E-state index in [1.807, 2.05) is 55.5 Å². The third kappa shape index (κ3) is 4.01. The highest BCUT2D eigenvalue weighted by molar-refractivity contribution is 6.00. The maximum atomic E-state index is 12.1. The first-order valence-electron chi connectivity index (χ1n) is 10.2. The molecule has 32 heavy (non-hydrogen) atoms. The Morgan fingerprint density at radius 3 is 2.66 bits per heavy atom. The number of aryl methyl sites for hydroxylation is 1. The summed E-state index contributed by atoms with van der Waals surface area (Å²) in [5, 5.41) is 13.8. The molecule has 0 fully saturated rings. The second-order valence-electron chi connectivity index (χ2n) is 7.49. The summed E-state index contributed by atoms with van der Waals surface area (Å²) in [4.78, 5) is 16.6. The minimum atomic E-state index is -0.0119. The van der Waals surface area contributed by atoms with Gasteiger partial charge in [-0.05, 0) is 55.3 Å². The molecule has 0 saturated carbocycles. The van der Waals surface area contributed by atoms with Crippen LogP contribution in [0.25, 0.3) is 33.6 Å². The van der Waals surface area contributed by atoms with E-state index in [0.717, 1.165) is 39.3 Å². The molecule has 6 heteroatoms. The molecule has 0 aliphatic heterocycles. The molecule has 0 unspecified atom stereocenters. The van der Waals surface area contributed by atoms with Crippen molar-refractivity contribution in [1.82, 2.24) is 14.8 Å². The highest BCUT2D eigenvalue weighted by Crippen LogP contribution is 2.36. The molecule has 6 nitrogen and oxygen atoms in total. The van der Waals surface area contributed by atoms with Crippen molar-refractivity contribution in [3.63, 3.8) is 0 Å². The fraction of sp³-hybridized carbons (Fsp3) is 0.154. The molecule has 0 radical (unpaired) electrons. The third-order valence-corrected chi connectivity index (χ3v) is 5.27. The number of aromatic nitrogens is 3. The first-order chi connectivity index (χ1) is 15.5. The molecule has 4 aromatic rings. The van der Waals surface area contributed by atoms with E-state index < -0.39 is 0 Å². The van der Waals surface area contributed by atoms with Gasteiger partial charge in [-0.2, -0.15) is 10.4 Å². The van der Waals surface area contributed by atoms with Gasteiger partial charge in [0.05, 0.1) is 30.8 Å². The largest absolute Gasteiger partial charge is 0.497 e. The molecule has 0 N–H and O–H groups in total. The van der Waals surface area contributed by atoms with Gasteiger partial charge < -0.3 is 4.74 Å². The number of rotatable bonds is 6. The van der Waals surface area contributed by atoms with Crippen LogP contribution in [0.4, 0.5) is 0 Å². The minimum absolute atomic E-state index is 0.0119. The van der Waals surface area contributed by atoms with E-state index in [1.54, 1.807) is 37.2 Å². The third-order valence-electron chi connectivity index (χ3n) is 5.27. The van der Waals surface area contributed by atoms with Gasteiger partial charge in [-0.3, -0.25) is 14.5 Å². The number of hydrogen-bond donors (Lipinski definition) is 0. The summed E-state index contributed by atoms with van der Waals surface area (Å²) in [6.45, 7) is 3.68. The summed E-state index contributed by atoms with van der Waals surface area (Å²) in [5.74, 6) is 0.726. The molecule has 158 valence electrons. The van der Waals surface area contributed by atoms with E-state index in [2.05, 4.69) is 16.2 Å². The van der Waals surface area contributed by atoms with Gasteiger partial charge in [0.25, 0.3) is 0 Å². The molecule has 2 aromatic carbocycles. The number of benzene rings is 2. The van der Waals surface area contributed by atoms with Gasteiger partial charge in [0, 0.05) is 28.5 Å². The van der Waals surface area contributed by atoms with Crippen molar-refractivity contribution in [2.24, 2.45) is 0 Å². The molecule has 0 saturated heterocycles. The van der Waals surface area contributed by atoms with E-state index in [1.165, 1.54) is 0 Å². The van der Waals surface area contributed by atoms with Crippen molar-refractivity contribution in [1.29, 1.82) is 5.26 Å². The summed E-state index contributed by atoms with van der Waals surface area (Å²) >= 11 is 0. The van der Waals surface area contributed by atoms with Crippen molar-refractivity contribution in [3.05, 3.63) is 78.1 Å². The van der Waals surface area contributed by atoms with Crippen molar-refractivity contribution in [2.45, 2.75) is 20.4 Å². The zero-order valence-electron chi connectivity index (χ0n) is 18.2. The first kappa shape index (κ1) is 21.0. The SMILES string of the molecule is COc1cc(C)cc(-c2c(-c3ccnc(-c4ccccc4C(C)=O)c3)cnn2CC#N)c1. The van der Waals surface area contributed by atoms with Crippen LogP contribution >= 0.6 is 0 Å². The zero-order chi connectivity index (χ0) is 22.7. The smallest absolute Gasteiger partial charge is 0.160 e. The van der Waals surface area contributed by atoms with Crippen LogP contribution in [0.5, 0.6) is 5.75 Å². The van der Waals surface area contributed by atoms with Gasteiger partial charge in [0.15, 0.2) is 5.78 Å². The zero-order valence-corrected chi connectivity index (χ0v) is 18.2.